The smallest absolute Gasteiger partial charge is 0.155 e. The largest absolute Gasteiger partial charge is 0.232 e. The molecule has 0 radical (unpaired) electrons. The summed E-state index contributed by atoms with van der Waals surface area (Å²) in [5.41, 5.74) is 3.31. The number of rotatable bonds is 8. The molecule has 0 saturated heterocycles. The Bertz CT molecular complexity index is 700. The van der Waals surface area contributed by atoms with Gasteiger partial charge in [0.1, 0.15) is 5.01 Å². The van der Waals surface area contributed by atoms with Gasteiger partial charge in [-0.15, -0.1) is 22.7 Å². The van der Waals surface area contributed by atoms with E-state index in [1.165, 1.54) is 52.8 Å². The first-order valence-corrected chi connectivity index (χ1v) is 11.1. The zero-order chi connectivity index (χ0) is 15.4. The predicted molar refractivity (Wildman–Crippen MR) is 103 cm³/mol. The Kier molecular flexibility index (Phi) is 6.02. The third-order valence-corrected chi connectivity index (χ3v) is 7.33. The molecule has 0 aliphatic heterocycles. The third kappa shape index (κ3) is 3.96. The SMILES string of the molecule is CCCCCCCCc1cc(Br)sc1-c1nc2scnc2s1. The van der Waals surface area contributed by atoms with Crippen LogP contribution < -0.4 is 0 Å². The van der Waals surface area contributed by atoms with Gasteiger partial charge in [0.2, 0.25) is 0 Å². The first-order valence-electron chi connectivity index (χ1n) is 7.76. The number of unbranched alkanes of at least 4 members (excludes halogenated alkanes) is 5. The average molecular weight is 415 g/mol. The number of fused-ring (bicyclic) bond motifs is 1. The number of hydrogen-bond acceptors (Lipinski definition) is 5. The number of aromatic nitrogens is 2. The van der Waals surface area contributed by atoms with Crippen LogP contribution in [-0.2, 0) is 6.42 Å². The van der Waals surface area contributed by atoms with Gasteiger partial charge in [0, 0.05) is 0 Å². The van der Waals surface area contributed by atoms with E-state index in [-0.39, 0.29) is 0 Å². The van der Waals surface area contributed by atoms with Crippen molar-refractivity contribution in [1.82, 2.24) is 9.97 Å². The van der Waals surface area contributed by atoms with Crippen LogP contribution in [0.15, 0.2) is 15.4 Å². The topological polar surface area (TPSA) is 25.8 Å². The van der Waals surface area contributed by atoms with Crippen LogP contribution in [0.1, 0.15) is 51.0 Å². The molecule has 3 rings (SSSR count). The van der Waals surface area contributed by atoms with Crippen LogP contribution in [0.3, 0.4) is 0 Å². The summed E-state index contributed by atoms with van der Waals surface area (Å²) in [4.78, 5) is 12.6. The van der Waals surface area contributed by atoms with Crippen LogP contribution in [0, 0.1) is 0 Å². The summed E-state index contributed by atoms with van der Waals surface area (Å²) in [6.07, 6.45) is 9.20. The van der Waals surface area contributed by atoms with Gasteiger partial charge >= 0.3 is 0 Å². The number of nitrogens with zero attached hydrogens (tertiary/aromatic N) is 2. The molecule has 2 nitrogen and oxygen atoms in total. The van der Waals surface area contributed by atoms with Gasteiger partial charge in [0.25, 0.3) is 0 Å². The molecule has 0 fully saturated rings. The fourth-order valence-corrected chi connectivity index (χ4v) is 6.10. The standard InChI is InChI=1S/C16H19BrN2S3/c1-2-3-4-5-6-7-8-11-9-12(17)21-13(11)14-19-16-15(22-14)18-10-20-16/h9-10H,2-8H2,1H3. The Hall–Kier alpha value is -0.300. The zero-order valence-corrected chi connectivity index (χ0v) is 16.6. The van der Waals surface area contributed by atoms with Crippen molar-refractivity contribution in [2.45, 2.75) is 51.9 Å². The van der Waals surface area contributed by atoms with Crippen molar-refractivity contribution < 1.29 is 0 Å². The highest BCUT2D eigenvalue weighted by Crippen LogP contribution is 2.40. The van der Waals surface area contributed by atoms with Gasteiger partial charge in [-0.05, 0) is 40.4 Å². The molecule has 0 N–H and O–H groups in total. The Morgan fingerprint density at radius 1 is 1.05 bits per heavy atom. The molecule has 6 heteroatoms. The third-order valence-electron chi connectivity index (χ3n) is 3.69. The monoisotopic (exact) mass is 414 g/mol. The lowest BCUT2D eigenvalue weighted by molar-refractivity contribution is 0.608. The van der Waals surface area contributed by atoms with Crippen LogP contribution in [0.2, 0.25) is 0 Å². The van der Waals surface area contributed by atoms with E-state index in [9.17, 15) is 0 Å². The number of halogens is 1. The molecule has 0 atom stereocenters. The van der Waals surface area contributed by atoms with Crippen LogP contribution in [0.5, 0.6) is 0 Å². The molecule has 22 heavy (non-hydrogen) atoms. The molecule has 0 aromatic carbocycles. The minimum absolute atomic E-state index is 1.06. The van der Waals surface area contributed by atoms with E-state index >= 15 is 0 Å². The number of thiophene rings is 1. The van der Waals surface area contributed by atoms with E-state index in [4.69, 9.17) is 4.98 Å². The molecule has 0 aliphatic rings. The summed E-state index contributed by atoms with van der Waals surface area (Å²) in [6.45, 7) is 2.27. The van der Waals surface area contributed by atoms with Crippen molar-refractivity contribution in [2.24, 2.45) is 0 Å². The molecule has 0 amide bonds. The van der Waals surface area contributed by atoms with Crippen molar-refractivity contribution in [3.63, 3.8) is 0 Å². The number of hydrogen-bond donors (Lipinski definition) is 0. The van der Waals surface area contributed by atoms with Crippen molar-refractivity contribution in [2.75, 3.05) is 0 Å². The molecule has 0 bridgehead atoms. The average Bonchev–Trinajstić information content (AvgIpc) is 3.16. The highest BCUT2D eigenvalue weighted by molar-refractivity contribution is 9.11. The van der Waals surface area contributed by atoms with Crippen LogP contribution in [0.25, 0.3) is 19.5 Å². The predicted octanol–water partition coefficient (Wildman–Crippen LogP) is 7.15. The van der Waals surface area contributed by atoms with Gasteiger partial charge in [0.15, 0.2) is 9.66 Å². The van der Waals surface area contributed by atoms with E-state index in [1.54, 1.807) is 34.0 Å². The van der Waals surface area contributed by atoms with E-state index in [2.05, 4.69) is 33.9 Å². The summed E-state index contributed by atoms with van der Waals surface area (Å²) in [5.74, 6) is 0. The molecule has 0 aliphatic carbocycles. The second-order valence-electron chi connectivity index (χ2n) is 5.40. The molecule has 0 spiro atoms. The number of aryl methyl sites for hydroxylation is 1. The van der Waals surface area contributed by atoms with Gasteiger partial charge < -0.3 is 0 Å². The lowest BCUT2D eigenvalue weighted by Crippen LogP contribution is -1.86. The fraction of sp³-hybridized carbons (Fsp3) is 0.500. The number of thiazole rings is 2. The summed E-state index contributed by atoms with van der Waals surface area (Å²) in [7, 11) is 0. The van der Waals surface area contributed by atoms with E-state index in [0.717, 1.165) is 21.1 Å². The lowest BCUT2D eigenvalue weighted by Gasteiger charge is -2.02. The van der Waals surface area contributed by atoms with E-state index in [1.807, 2.05) is 5.51 Å². The van der Waals surface area contributed by atoms with Crippen molar-refractivity contribution in [1.29, 1.82) is 0 Å². The highest BCUT2D eigenvalue weighted by atomic mass is 79.9. The molecule has 3 aromatic rings. The van der Waals surface area contributed by atoms with Gasteiger partial charge in [-0.2, -0.15) is 0 Å². The lowest BCUT2D eigenvalue weighted by atomic mass is 10.1. The van der Waals surface area contributed by atoms with Gasteiger partial charge in [0.05, 0.1) is 14.2 Å². The van der Waals surface area contributed by atoms with Crippen molar-refractivity contribution >= 4 is 59.6 Å². The van der Waals surface area contributed by atoms with Crippen molar-refractivity contribution in [3.05, 3.63) is 20.9 Å². The normalized spacial score (nSPS) is 11.5. The molecule has 0 saturated carbocycles. The molecule has 0 unspecified atom stereocenters. The second kappa shape index (κ2) is 7.99. The summed E-state index contributed by atoms with van der Waals surface area (Å²) < 4.78 is 1.20. The highest BCUT2D eigenvalue weighted by Gasteiger charge is 2.15. The maximum Gasteiger partial charge on any atom is 0.155 e. The quantitative estimate of drug-likeness (QED) is 0.365. The zero-order valence-electron chi connectivity index (χ0n) is 12.6. The summed E-state index contributed by atoms with van der Waals surface area (Å²) in [5, 5.41) is 1.13. The minimum atomic E-state index is 1.06. The molecule has 3 heterocycles. The van der Waals surface area contributed by atoms with E-state index in [0.29, 0.717) is 0 Å². The van der Waals surface area contributed by atoms with Crippen LogP contribution >= 0.6 is 49.9 Å². The van der Waals surface area contributed by atoms with Gasteiger partial charge in [-0.25, -0.2) is 9.97 Å². The minimum Gasteiger partial charge on any atom is -0.232 e. The second-order valence-corrected chi connectivity index (χ2v) is 9.65. The van der Waals surface area contributed by atoms with Crippen molar-refractivity contribution in [3.8, 4) is 9.88 Å². The molecular formula is C16H19BrN2S3. The van der Waals surface area contributed by atoms with Gasteiger partial charge in [-0.1, -0.05) is 50.4 Å². The van der Waals surface area contributed by atoms with Gasteiger partial charge in [-0.3, -0.25) is 0 Å². The fourth-order valence-electron chi connectivity index (χ4n) is 2.54. The van der Waals surface area contributed by atoms with E-state index < -0.39 is 0 Å². The summed E-state index contributed by atoms with van der Waals surface area (Å²) >= 11 is 8.78. The Balaban J connectivity index is 1.66. The molecular weight excluding hydrogens is 396 g/mol. The molecule has 118 valence electrons. The van der Waals surface area contributed by atoms with Crippen LogP contribution in [0.4, 0.5) is 0 Å². The first-order chi connectivity index (χ1) is 10.8. The first kappa shape index (κ1) is 16.6. The Morgan fingerprint density at radius 2 is 1.86 bits per heavy atom. The maximum atomic E-state index is 4.75. The maximum absolute atomic E-state index is 4.75. The molecule has 3 aromatic heterocycles. The summed E-state index contributed by atoms with van der Waals surface area (Å²) in [6, 6.07) is 2.27. The van der Waals surface area contributed by atoms with Crippen LogP contribution in [-0.4, -0.2) is 9.97 Å². The Labute approximate surface area is 151 Å². The Morgan fingerprint density at radius 3 is 2.68 bits per heavy atom.